The van der Waals surface area contributed by atoms with E-state index < -0.39 is 0 Å². The highest BCUT2D eigenvalue weighted by Gasteiger charge is 2.22. The van der Waals surface area contributed by atoms with Gasteiger partial charge in [-0.15, -0.1) is 0 Å². The number of carbonyl (C=O) groups is 1. The fourth-order valence-electron chi connectivity index (χ4n) is 3.03. The number of carbonyl (C=O) groups excluding carboxylic acids is 1. The Labute approximate surface area is 137 Å². The number of nitrogens with one attached hydrogen (secondary N) is 1. The molecule has 0 fully saturated rings. The number of hydrogen-bond acceptors (Lipinski definition) is 3. The number of nitrogens with two attached hydrogens (primary N) is 1. The quantitative estimate of drug-likeness (QED) is 0.835. The van der Waals surface area contributed by atoms with Gasteiger partial charge in [0.25, 0.3) is 0 Å². The van der Waals surface area contributed by atoms with Crippen LogP contribution < -0.4 is 16.0 Å². The summed E-state index contributed by atoms with van der Waals surface area (Å²) in [5, 5.41) is 3.39. The van der Waals surface area contributed by atoms with Crippen LogP contribution in [0.4, 0.5) is 11.4 Å². The van der Waals surface area contributed by atoms with Crippen molar-refractivity contribution in [3.63, 3.8) is 0 Å². The second-order valence-corrected chi connectivity index (χ2v) is 5.91. The van der Waals surface area contributed by atoms with Crippen LogP contribution in [0.5, 0.6) is 0 Å². The van der Waals surface area contributed by atoms with E-state index in [0.717, 1.165) is 48.4 Å². The topological polar surface area (TPSA) is 58.4 Å². The van der Waals surface area contributed by atoms with E-state index in [-0.39, 0.29) is 5.91 Å². The lowest BCUT2D eigenvalue weighted by Gasteiger charge is -2.16. The van der Waals surface area contributed by atoms with Crippen LogP contribution in [-0.2, 0) is 11.2 Å². The van der Waals surface area contributed by atoms with Crippen LogP contribution in [0, 0.1) is 0 Å². The lowest BCUT2D eigenvalue weighted by molar-refractivity contribution is -0.116. The van der Waals surface area contributed by atoms with E-state index in [1.807, 2.05) is 4.90 Å². The maximum absolute atomic E-state index is 11.8. The van der Waals surface area contributed by atoms with Crippen molar-refractivity contribution in [3.05, 3.63) is 48.0 Å². The van der Waals surface area contributed by atoms with E-state index in [0.29, 0.717) is 6.54 Å². The van der Waals surface area contributed by atoms with Gasteiger partial charge in [-0.2, -0.15) is 0 Å². The van der Waals surface area contributed by atoms with Crippen molar-refractivity contribution in [1.82, 2.24) is 0 Å². The Kier molecular flexibility index (Phi) is 4.63. The molecular weight excluding hydrogens is 286 g/mol. The summed E-state index contributed by atoms with van der Waals surface area (Å²) in [6.45, 7) is 3.99. The predicted molar refractivity (Wildman–Crippen MR) is 95.8 cm³/mol. The van der Waals surface area contributed by atoms with Gasteiger partial charge in [-0.3, -0.25) is 4.79 Å². The molecule has 1 amide bonds. The first-order valence-corrected chi connectivity index (χ1v) is 8.14. The zero-order chi connectivity index (χ0) is 16.2. The smallest absolute Gasteiger partial charge is 0.223 e. The number of hydrogen-bond donors (Lipinski definition) is 2. The number of amides is 1. The molecule has 0 radical (unpaired) electrons. The van der Waals surface area contributed by atoms with Gasteiger partial charge in [0.1, 0.15) is 0 Å². The summed E-state index contributed by atoms with van der Waals surface area (Å²) in [6, 6.07) is 14.8. The zero-order valence-corrected chi connectivity index (χ0v) is 13.5. The van der Waals surface area contributed by atoms with Gasteiger partial charge < -0.3 is 16.0 Å². The highest BCUT2D eigenvalue weighted by Crippen LogP contribution is 2.33. The second-order valence-electron chi connectivity index (χ2n) is 5.91. The molecule has 0 aromatic heterocycles. The molecule has 4 heteroatoms. The van der Waals surface area contributed by atoms with E-state index in [9.17, 15) is 4.79 Å². The summed E-state index contributed by atoms with van der Waals surface area (Å²) in [6.07, 6.45) is 1.90. The number of benzene rings is 2. The van der Waals surface area contributed by atoms with Gasteiger partial charge in [-0.25, -0.2) is 0 Å². The maximum Gasteiger partial charge on any atom is 0.223 e. The molecular formula is C19H23N3O. The molecule has 2 aromatic carbocycles. The van der Waals surface area contributed by atoms with Crippen LogP contribution in [0.1, 0.15) is 18.9 Å². The second kappa shape index (κ2) is 6.84. The minimum atomic E-state index is 0.109. The van der Waals surface area contributed by atoms with E-state index in [2.05, 4.69) is 47.8 Å². The van der Waals surface area contributed by atoms with Crippen molar-refractivity contribution < 1.29 is 4.79 Å². The van der Waals surface area contributed by atoms with Crippen LogP contribution in [0.15, 0.2) is 42.5 Å². The molecule has 0 spiro atoms. The van der Waals surface area contributed by atoms with Crippen molar-refractivity contribution in [1.29, 1.82) is 0 Å². The average Bonchev–Trinajstić information content (AvgIpc) is 2.98. The Morgan fingerprint density at radius 3 is 2.83 bits per heavy atom. The zero-order valence-electron chi connectivity index (χ0n) is 13.5. The summed E-state index contributed by atoms with van der Waals surface area (Å²) in [5.74, 6) is 0.109. The largest absolute Gasteiger partial charge is 0.385 e. The third kappa shape index (κ3) is 3.37. The van der Waals surface area contributed by atoms with Crippen molar-refractivity contribution in [2.75, 3.05) is 29.9 Å². The number of fused-ring (bicyclic) bond motifs is 1. The molecule has 2 aromatic rings. The van der Waals surface area contributed by atoms with Gasteiger partial charge in [-0.05, 0) is 54.3 Å². The number of anilines is 2. The monoisotopic (exact) mass is 309 g/mol. The lowest BCUT2D eigenvalue weighted by atomic mass is 10.0. The minimum absolute atomic E-state index is 0.109. The molecule has 0 saturated carbocycles. The van der Waals surface area contributed by atoms with Crippen LogP contribution in [-0.4, -0.2) is 25.5 Å². The molecule has 1 heterocycles. The molecule has 4 nitrogen and oxygen atoms in total. The summed E-state index contributed by atoms with van der Waals surface area (Å²) in [4.78, 5) is 13.6. The molecule has 0 aliphatic carbocycles. The van der Waals surface area contributed by atoms with Gasteiger partial charge in [-0.1, -0.05) is 24.3 Å². The molecule has 0 atom stereocenters. The molecule has 3 N–H and O–H groups in total. The summed E-state index contributed by atoms with van der Waals surface area (Å²) in [5.41, 5.74) is 11.2. The fourth-order valence-corrected chi connectivity index (χ4v) is 3.03. The first-order chi connectivity index (χ1) is 11.2. The number of nitrogens with zero attached hydrogens (tertiary/aromatic N) is 1. The molecule has 1 aliphatic rings. The Hall–Kier alpha value is -2.33. The first kappa shape index (κ1) is 15.6. The van der Waals surface area contributed by atoms with Gasteiger partial charge >= 0.3 is 0 Å². The highest BCUT2D eigenvalue weighted by molar-refractivity contribution is 5.94. The van der Waals surface area contributed by atoms with Gasteiger partial charge in [0, 0.05) is 31.4 Å². The Bertz CT molecular complexity index is 712. The van der Waals surface area contributed by atoms with Crippen LogP contribution in [0.25, 0.3) is 11.1 Å². The Balaban J connectivity index is 1.86. The number of rotatable bonds is 5. The summed E-state index contributed by atoms with van der Waals surface area (Å²) in [7, 11) is 0. The van der Waals surface area contributed by atoms with E-state index in [4.69, 9.17) is 5.73 Å². The normalized spacial score (nSPS) is 13.0. The third-order valence-corrected chi connectivity index (χ3v) is 4.27. The molecule has 0 saturated heterocycles. The Morgan fingerprint density at radius 1 is 1.22 bits per heavy atom. The lowest BCUT2D eigenvalue weighted by Crippen LogP contribution is -2.25. The van der Waals surface area contributed by atoms with Crippen molar-refractivity contribution in [2.24, 2.45) is 5.73 Å². The van der Waals surface area contributed by atoms with Crippen LogP contribution in [0.3, 0.4) is 0 Å². The highest BCUT2D eigenvalue weighted by atomic mass is 16.2. The minimum Gasteiger partial charge on any atom is -0.385 e. The van der Waals surface area contributed by atoms with E-state index in [1.165, 1.54) is 5.56 Å². The molecule has 23 heavy (non-hydrogen) atoms. The van der Waals surface area contributed by atoms with Crippen molar-refractivity contribution in [2.45, 2.75) is 19.8 Å². The molecule has 3 rings (SSSR count). The Morgan fingerprint density at radius 2 is 2.04 bits per heavy atom. The summed E-state index contributed by atoms with van der Waals surface area (Å²) < 4.78 is 0. The van der Waals surface area contributed by atoms with Gasteiger partial charge in [0.05, 0.1) is 0 Å². The van der Waals surface area contributed by atoms with Crippen LogP contribution in [0.2, 0.25) is 0 Å². The van der Waals surface area contributed by atoms with Gasteiger partial charge in [0.2, 0.25) is 5.91 Å². The predicted octanol–water partition coefficient (Wildman–Crippen LogP) is 3.02. The van der Waals surface area contributed by atoms with Crippen molar-refractivity contribution >= 4 is 17.3 Å². The fraction of sp³-hybridized carbons (Fsp3) is 0.316. The average molecular weight is 309 g/mol. The summed E-state index contributed by atoms with van der Waals surface area (Å²) >= 11 is 0. The van der Waals surface area contributed by atoms with E-state index >= 15 is 0 Å². The van der Waals surface area contributed by atoms with Crippen LogP contribution >= 0.6 is 0 Å². The SMILES string of the molecule is CC(=O)N1CCc2ccc(-c3cccc(NCCCN)c3)cc21. The third-order valence-electron chi connectivity index (χ3n) is 4.27. The molecule has 0 bridgehead atoms. The van der Waals surface area contributed by atoms with Crippen molar-refractivity contribution in [3.8, 4) is 11.1 Å². The maximum atomic E-state index is 11.8. The standard InChI is InChI=1S/C19H23N3O/c1-14(23)22-11-8-15-6-7-17(13-19(15)22)16-4-2-5-18(12-16)21-10-3-9-20/h2,4-7,12-13,21H,3,8-11,20H2,1H3. The van der Waals surface area contributed by atoms with E-state index in [1.54, 1.807) is 6.92 Å². The molecule has 1 aliphatic heterocycles. The first-order valence-electron chi connectivity index (χ1n) is 8.14. The van der Waals surface area contributed by atoms with Gasteiger partial charge in [0.15, 0.2) is 0 Å². The molecule has 0 unspecified atom stereocenters. The molecule has 120 valence electrons.